The van der Waals surface area contributed by atoms with Crippen LogP contribution in [0.4, 0.5) is 14.5 Å². The van der Waals surface area contributed by atoms with Crippen LogP contribution in [0.3, 0.4) is 0 Å². The van der Waals surface area contributed by atoms with Crippen molar-refractivity contribution < 1.29 is 27.8 Å². The summed E-state index contributed by atoms with van der Waals surface area (Å²) in [5.74, 6) is 0.240. The van der Waals surface area contributed by atoms with Gasteiger partial charge in [-0.3, -0.25) is 9.59 Å². The number of rotatable bonds is 7. The number of anilines is 1. The molecule has 1 saturated heterocycles. The Kier molecular flexibility index (Phi) is 6.64. The number of ether oxygens (including phenoxy) is 2. The molecule has 0 unspecified atom stereocenters. The lowest BCUT2D eigenvalue weighted by Crippen LogP contribution is -2.40. The highest BCUT2D eigenvalue weighted by Gasteiger charge is 2.21. The Labute approximate surface area is 167 Å². The number of benzene rings is 2. The Morgan fingerprint density at radius 1 is 1.17 bits per heavy atom. The van der Waals surface area contributed by atoms with E-state index in [1.807, 2.05) is 0 Å². The maximum absolute atomic E-state index is 12.8. The van der Waals surface area contributed by atoms with Crippen molar-refractivity contribution in [3.05, 3.63) is 42.5 Å². The predicted octanol–water partition coefficient (Wildman–Crippen LogP) is 3.91. The number of likely N-dealkylation sites (tertiary alicyclic amines) is 1. The van der Waals surface area contributed by atoms with E-state index >= 15 is 0 Å². The van der Waals surface area contributed by atoms with E-state index < -0.39 is 6.61 Å². The molecule has 0 aromatic heterocycles. The molecule has 0 bridgehead atoms. The third-order valence-corrected chi connectivity index (χ3v) is 4.64. The van der Waals surface area contributed by atoms with Crippen LogP contribution in [0.1, 0.15) is 19.3 Å². The Morgan fingerprint density at radius 3 is 2.59 bits per heavy atom. The molecule has 0 radical (unpaired) electrons. The molecular formula is C21H22F2N2O4. The lowest BCUT2D eigenvalue weighted by atomic mass is 10.0. The van der Waals surface area contributed by atoms with Crippen LogP contribution >= 0.6 is 0 Å². The number of alkyl halides is 2. The van der Waals surface area contributed by atoms with E-state index in [0.717, 1.165) is 12.8 Å². The molecule has 6 nitrogen and oxygen atoms in total. The lowest BCUT2D eigenvalue weighted by molar-refractivity contribution is -0.136. The Bertz CT molecular complexity index is 871. The summed E-state index contributed by atoms with van der Waals surface area (Å²) in [6.45, 7) is -2.45. The number of hydrogen-bond acceptors (Lipinski definition) is 4. The molecule has 1 aliphatic heterocycles. The zero-order valence-electron chi connectivity index (χ0n) is 16.0. The van der Waals surface area contributed by atoms with Gasteiger partial charge >= 0.3 is 6.61 Å². The average Bonchev–Trinajstić information content (AvgIpc) is 2.70. The van der Waals surface area contributed by atoms with Crippen LogP contribution in [-0.2, 0) is 9.59 Å². The summed E-state index contributed by atoms with van der Waals surface area (Å²) in [6.07, 6.45) is 2.17. The molecule has 0 aliphatic carbocycles. The van der Waals surface area contributed by atoms with Crippen LogP contribution in [0.2, 0.25) is 0 Å². The van der Waals surface area contributed by atoms with Gasteiger partial charge in [0.2, 0.25) is 11.8 Å². The Hall–Kier alpha value is -3.16. The first-order chi connectivity index (χ1) is 14.0. The number of piperidine rings is 1. The highest BCUT2D eigenvalue weighted by atomic mass is 19.3. The van der Waals surface area contributed by atoms with Crippen molar-refractivity contribution in [3.8, 4) is 22.6 Å². The normalized spacial score (nSPS) is 14.1. The standard InChI is InChI=1S/C21H22F2N2O4/c1-28-16-8-5-14(6-9-16)17-12-15(7-10-18(17)29-21(22)23)24-19(26)13-25-11-3-2-4-20(25)27/h5-10,12,21H,2-4,11,13H2,1H3,(H,24,26). The largest absolute Gasteiger partial charge is 0.497 e. The Balaban J connectivity index is 1.80. The Morgan fingerprint density at radius 2 is 1.93 bits per heavy atom. The van der Waals surface area contributed by atoms with E-state index in [4.69, 9.17) is 4.74 Å². The highest BCUT2D eigenvalue weighted by Crippen LogP contribution is 2.34. The maximum atomic E-state index is 12.8. The lowest BCUT2D eigenvalue weighted by Gasteiger charge is -2.26. The molecule has 3 rings (SSSR count). The van der Waals surface area contributed by atoms with Gasteiger partial charge in [0.05, 0.1) is 13.7 Å². The third-order valence-electron chi connectivity index (χ3n) is 4.64. The van der Waals surface area contributed by atoms with Crippen molar-refractivity contribution in [2.45, 2.75) is 25.9 Å². The summed E-state index contributed by atoms with van der Waals surface area (Å²) in [5.41, 5.74) is 1.45. The molecule has 1 heterocycles. The number of halogens is 2. The van der Waals surface area contributed by atoms with Crippen molar-refractivity contribution >= 4 is 17.5 Å². The smallest absolute Gasteiger partial charge is 0.387 e. The minimum atomic E-state index is -2.97. The summed E-state index contributed by atoms with van der Waals surface area (Å²) in [7, 11) is 1.53. The summed E-state index contributed by atoms with van der Waals surface area (Å²) < 4.78 is 35.3. The molecule has 0 saturated carbocycles. The van der Waals surface area contributed by atoms with E-state index in [2.05, 4.69) is 10.1 Å². The number of nitrogens with zero attached hydrogens (tertiary/aromatic N) is 1. The minimum absolute atomic E-state index is 0.00521. The number of nitrogens with one attached hydrogen (secondary N) is 1. The van der Waals surface area contributed by atoms with Gasteiger partial charge in [-0.2, -0.15) is 8.78 Å². The van der Waals surface area contributed by atoms with Gasteiger partial charge in [-0.25, -0.2) is 0 Å². The number of carbonyl (C=O) groups is 2. The van der Waals surface area contributed by atoms with Crippen LogP contribution in [0, 0.1) is 0 Å². The fourth-order valence-electron chi connectivity index (χ4n) is 3.21. The second kappa shape index (κ2) is 9.36. The van der Waals surface area contributed by atoms with Gasteiger partial charge in [-0.05, 0) is 48.7 Å². The third kappa shape index (κ3) is 5.43. The van der Waals surface area contributed by atoms with E-state index in [9.17, 15) is 18.4 Å². The molecular weight excluding hydrogens is 382 g/mol. The first kappa shape index (κ1) is 20.6. The summed E-state index contributed by atoms with van der Waals surface area (Å²) in [6, 6.07) is 11.3. The molecule has 0 atom stereocenters. The van der Waals surface area contributed by atoms with Gasteiger partial charge in [0.1, 0.15) is 11.5 Å². The van der Waals surface area contributed by atoms with Crippen molar-refractivity contribution in [1.82, 2.24) is 4.90 Å². The molecule has 1 aliphatic rings. The first-order valence-corrected chi connectivity index (χ1v) is 9.27. The van der Waals surface area contributed by atoms with E-state index in [0.29, 0.717) is 35.5 Å². The molecule has 1 fully saturated rings. The van der Waals surface area contributed by atoms with Crippen molar-refractivity contribution in [2.75, 3.05) is 25.5 Å². The maximum Gasteiger partial charge on any atom is 0.387 e. The zero-order valence-corrected chi connectivity index (χ0v) is 16.0. The first-order valence-electron chi connectivity index (χ1n) is 9.27. The van der Waals surface area contributed by atoms with Crippen LogP contribution in [-0.4, -0.2) is 43.5 Å². The summed E-state index contributed by atoms with van der Waals surface area (Å²) in [5, 5.41) is 2.72. The molecule has 1 N–H and O–H groups in total. The van der Waals surface area contributed by atoms with Gasteiger partial charge in [0.15, 0.2) is 0 Å². The molecule has 154 valence electrons. The van der Waals surface area contributed by atoms with Crippen molar-refractivity contribution in [3.63, 3.8) is 0 Å². The van der Waals surface area contributed by atoms with Gasteiger partial charge in [0, 0.05) is 24.2 Å². The molecule has 2 amide bonds. The van der Waals surface area contributed by atoms with Gasteiger partial charge in [0.25, 0.3) is 0 Å². The van der Waals surface area contributed by atoms with Gasteiger partial charge < -0.3 is 19.7 Å². The van der Waals surface area contributed by atoms with Gasteiger partial charge in [-0.1, -0.05) is 12.1 Å². The van der Waals surface area contributed by atoms with Crippen molar-refractivity contribution in [1.29, 1.82) is 0 Å². The van der Waals surface area contributed by atoms with Crippen LogP contribution in [0.5, 0.6) is 11.5 Å². The second-order valence-corrected chi connectivity index (χ2v) is 6.64. The van der Waals surface area contributed by atoms with Crippen LogP contribution < -0.4 is 14.8 Å². The monoisotopic (exact) mass is 404 g/mol. The fourth-order valence-corrected chi connectivity index (χ4v) is 3.21. The number of carbonyl (C=O) groups excluding carboxylic acids is 2. The van der Waals surface area contributed by atoms with Gasteiger partial charge in [-0.15, -0.1) is 0 Å². The number of amides is 2. The van der Waals surface area contributed by atoms with E-state index in [-0.39, 0.29) is 24.1 Å². The van der Waals surface area contributed by atoms with E-state index in [1.165, 1.54) is 24.1 Å². The van der Waals surface area contributed by atoms with Crippen molar-refractivity contribution in [2.24, 2.45) is 0 Å². The second-order valence-electron chi connectivity index (χ2n) is 6.64. The summed E-state index contributed by atoms with van der Waals surface area (Å²) >= 11 is 0. The minimum Gasteiger partial charge on any atom is -0.497 e. The molecule has 0 spiro atoms. The SMILES string of the molecule is COc1ccc(-c2cc(NC(=O)CN3CCCCC3=O)ccc2OC(F)F)cc1. The molecule has 2 aromatic carbocycles. The molecule has 29 heavy (non-hydrogen) atoms. The highest BCUT2D eigenvalue weighted by molar-refractivity contribution is 5.95. The predicted molar refractivity (Wildman–Crippen MR) is 104 cm³/mol. The van der Waals surface area contributed by atoms with E-state index in [1.54, 1.807) is 30.3 Å². The fraction of sp³-hybridized carbons (Fsp3) is 0.333. The van der Waals surface area contributed by atoms with Crippen LogP contribution in [0.15, 0.2) is 42.5 Å². The quantitative estimate of drug-likeness (QED) is 0.760. The van der Waals surface area contributed by atoms with Crippen LogP contribution in [0.25, 0.3) is 11.1 Å². The molecule has 8 heteroatoms. The summed E-state index contributed by atoms with van der Waals surface area (Å²) in [4.78, 5) is 25.7. The average molecular weight is 404 g/mol. The topological polar surface area (TPSA) is 67.9 Å². The zero-order chi connectivity index (χ0) is 20.8. The molecule has 2 aromatic rings. The number of hydrogen-bond donors (Lipinski definition) is 1. The number of methoxy groups -OCH3 is 1.